The Morgan fingerprint density at radius 2 is 1.69 bits per heavy atom. The summed E-state index contributed by atoms with van der Waals surface area (Å²) >= 11 is 0. The predicted octanol–water partition coefficient (Wildman–Crippen LogP) is 3.12. The Labute approximate surface area is 95.1 Å². The zero-order valence-corrected chi connectivity index (χ0v) is 9.29. The maximum absolute atomic E-state index is 12.8. The van der Waals surface area contributed by atoms with E-state index in [4.69, 9.17) is 0 Å². The van der Waals surface area contributed by atoms with Gasteiger partial charge in [0, 0.05) is 18.7 Å². The van der Waals surface area contributed by atoms with Gasteiger partial charge in [-0.1, -0.05) is 12.8 Å². The Balaban J connectivity index is 2.15. The number of hydrogen-bond acceptors (Lipinski definition) is 1. The molecule has 0 atom stereocenters. The molecule has 0 N–H and O–H groups in total. The molecule has 1 aliphatic rings. The first-order valence-electron chi connectivity index (χ1n) is 5.83. The summed E-state index contributed by atoms with van der Waals surface area (Å²) in [6, 6.07) is 6.16. The summed E-state index contributed by atoms with van der Waals surface area (Å²) in [5, 5.41) is 0. The van der Waals surface area contributed by atoms with E-state index < -0.39 is 0 Å². The number of nitrogens with zero attached hydrogens (tertiary/aromatic N) is 1. The molecule has 16 heavy (non-hydrogen) atoms. The minimum atomic E-state index is -0.261. The molecule has 2 nitrogen and oxygen atoms in total. The van der Waals surface area contributed by atoms with Crippen molar-refractivity contribution in [3.05, 3.63) is 30.1 Å². The molecule has 86 valence electrons. The summed E-state index contributed by atoms with van der Waals surface area (Å²) in [4.78, 5) is 13.7. The maximum atomic E-state index is 12.8. The van der Waals surface area contributed by atoms with Crippen LogP contribution in [-0.4, -0.2) is 12.5 Å². The summed E-state index contributed by atoms with van der Waals surface area (Å²) in [6.45, 7) is 0.754. The van der Waals surface area contributed by atoms with Crippen molar-refractivity contribution >= 4 is 11.6 Å². The first-order valence-corrected chi connectivity index (χ1v) is 5.83. The van der Waals surface area contributed by atoms with Gasteiger partial charge in [-0.2, -0.15) is 0 Å². The van der Waals surface area contributed by atoms with E-state index in [1.807, 2.05) is 0 Å². The molecule has 1 aliphatic heterocycles. The van der Waals surface area contributed by atoms with Gasteiger partial charge in [0.05, 0.1) is 0 Å². The molecule has 0 aliphatic carbocycles. The second-order valence-corrected chi connectivity index (χ2v) is 4.19. The smallest absolute Gasteiger partial charge is 0.226 e. The molecule has 3 heteroatoms. The van der Waals surface area contributed by atoms with Crippen molar-refractivity contribution in [3.63, 3.8) is 0 Å². The Hall–Kier alpha value is -1.38. The Bertz CT molecular complexity index is 361. The summed E-state index contributed by atoms with van der Waals surface area (Å²) < 4.78 is 12.8. The molecule has 0 unspecified atom stereocenters. The average molecular weight is 221 g/mol. The van der Waals surface area contributed by atoms with Crippen molar-refractivity contribution in [1.82, 2.24) is 0 Å². The monoisotopic (exact) mass is 221 g/mol. The van der Waals surface area contributed by atoms with E-state index in [-0.39, 0.29) is 11.7 Å². The van der Waals surface area contributed by atoms with Crippen molar-refractivity contribution in [2.75, 3.05) is 11.4 Å². The number of carbonyl (C=O) groups excluding carboxylic acids is 1. The highest BCUT2D eigenvalue weighted by Crippen LogP contribution is 2.20. The van der Waals surface area contributed by atoms with Crippen molar-refractivity contribution in [2.45, 2.75) is 32.1 Å². The summed E-state index contributed by atoms with van der Waals surface area (Å²) in [5.41, 5.74) is 0.813. The van der Waals surface area contributed by atoms with Gasteiger partial charge in [-0.05, 0) is 37.1 Å². The minimum Gasteiger partial charge on any atom is -0.312 e. The number of carbonyl (C=O) groups is 1. The molecule has 1 aromatic rings. The SMILES string of the molecule is O=C1CCCCCCN1c1ccc(F)cc1. The fourth-order valence-corrected chi connectivity index (χ4v) is 2.05. The highest BCUT2D eigenvalue weighted by atomic mass is 19.1. The number of rotatable bonds is 1. The third kappa shape index (κ3) is 2.60. The van der Waals surface area contributed by atoms with Crippen LogP contribution >= 0.6 is 0 Å². The van der Waals surface area contributed by atoms with Gasteiger partial charge in [-0.15, -0.1) is 0 Å². The molecular weight excluding hydrogens is 205 g/mol. The van der Waals surface area contributed by atoms with E-state index in [1.165, 1.54) is 18.6 Å². The molecule has 1 amide bonds. The largest absolute Gasteiger partial charge is 0.312 e. The Morgan fingerprint density at radius 3 is 2.44 bits per heavy atom. The minimum absolute atomic E-state index is 0.159. The topological polar surface area (TPSA) is 20.3 Å². The van der Waals surface area contributed by atoms with E-state index in [0.717, 1.165) is 31.5 Å². The summed E-state index contributed by atoms with van der Waals surface area (Å²) in [6.07, 6.45) is 4.92. The van der Waals surface area contributed by atoms with Crippen molar-refractivity contribution in [2.24, 2.45) is 0 Å². The molecule has 0 radical (unpaired) electrons. The Morgan fingerprint density at radius 1 is 1.00 bits per heavy atom. The van der Waals surface area contributed by atoms with Gasteiger partial charge in [-0.3, -0.25) is 4.79 Å². The molecule has 1 fully saturated rings. The fourth-order valence-electron chi connectivity index (χ4n) is 2.05. The van der Waals surface area contributed by atoms with E-state index >= 15 is 0 Å². The number of hydrogen-bond donors (Lipinski definition) is 0. The average Bonchev–Trinajstić information content (AvgIpc) is 2.26. The van der Waals surface area contributed by atoms with E-state index in [9.17, 15) is 9.18 Å². The van der Waals surface area contributed by atoms with Crippen LogP contribution in [0.15, 0.2) is 24.3 Å². The van der Waals surface area contributed by atoms with Crippen LogP contribution < -0.4 is 4.90 Å². The summed E-state index contributed by atoms with van der Waals surface area (Å²) in [7, 11) is 0. The van der Waals surface area contributed by atoms with Crippen LogP contribution in [0.25, 0.3) is 0 Å². The van der Waals surface area contributed by atoms with Crippen LogP contribution in [-0.2, 0) is 4.79 Å². The lowest BCUT2D eigenvalue weighted by atomic mass is 10.1. The van der Waals surface area contributed by atoms with Crippen LogP contribution in [0.1, 0.15) is 32.1 Å². The zero-order chi connectivity index (χ0) is 11.4. The lowest BCUT2D eigenvalue weighted by Crippen LogP contribution is -2.32. The lowest BCUT2D eigenvalue weighted by molar-refractivity contribution is -0.118. The molecule has 1 heterocycles. The molecule has 1 saturated heterocycles. The van der Waals surface area contributed by atoms with E-state index in [1.54, 1.807) is 17.0 Å². The van der Waals surface area contributed by atoms with Gasteiger partial charge >= 0.3 is 0 Å². The van der Waals surface area contributed by atoms with E-state index in [0.29, 0.717) is 6.42 Å². The number of anilines is 1. The predicted molar refractivity (Wildman–Crippen MR) is 61.8 cm³/mol. The van der Waals surface area contributed by atoms with Crippen LogP contribution in [0, 0.1) is 5.82 Å². The van der Waals surface area contributed by atoms with Gasteiger partial charge in [0.1, 0.15) is 5.82 Å². The molecule has 1 aromatic carbocycles. The van der Waals surface area contributed by atoms with Crippen molar-refractivity contribution < 1.29 is 9.18 Å². The second-order valence-electron chi connectivity index (χ2n) is 4.19. The third-order valence-electron chi connectivity index (χ3n) is 2.96. The van der Waals surface area contributed by atoms with Crippen LogP contribution in [0.4, 0.5) is 10.1 Å². The third-order valence-corrected chi connectivity index (χ3v) is 2.96. The van der Waals surface area contributed by atoms with Crippen molar-refractivity contribution in [3.8, 4) is 0 Å². The second kappa shape index (κ2) is 5.10. The first-order chi connectivity index (χ1) is 7.77. The highest BCUT2D eigenvalue weighted by Gasteiger charge is 2.16. The lowest BCUT2D eigenvalue weighted by Gasteiger charge is -2.24. The van der Waals surface area contributed by atoms with Gasteiger partial charge in [-0.25, -0.2) is 4.39 Å². The van der Waals surface area contributed by atoms with E-state index in [2.05, 4.69) is 0 Å². The van der Waals surface area contributed by atoms with Crippen molar-refractivity contribution in [1.29, 1.82) is 0 Å². The number of amides is 1. The molecule has 0 bridgehead atoms. The van der Waals surface area contributed by atoms with Crippen LogP contribution in [0.5, 0.6) is 0 Å². The Kier molecular flexibility index (Phi) is 3.54. The summed E-state index contributed by atoms with van der Waals surface area (Å²) in [5.74, 6) is -0.102. The first kappa shape index (κ1) is 11.1. The van der Waals surface area contributed by atoms with Gasteiger partial charge in [0.2, 0.25) is 5.91 Å². The van der Waals surface area contributed by atoms with Gasteiger partial charge in [0.15, 0.2) is 0 Å². The molecule has 0 spiro atoms. The molecule has 2 rings (SSSR count). The van der Waals surface area contributed by atoms with Crippen LogP contribution in [0.2, 0.25) is 0 Å². The number of benzene rings is 1. The molecule has 0 aromatic heterocycles. The fraction of sp³-hybridized carbons (Fsp3) is 0.462. The normalized spacial score (nSPS) is 18.1. The zero-order valence-electron chi connectivity index (χ0n) is 9.29. The maximum Gasteiger partial charge on any atom is 0.226 e. The molecular formula is C13H16FNO. The quantitative estimate of drug-likeness (QED) is 0.713. The van der Waals surface area contributed by atoms with Gasteiger partial charge in [0.25, 0.3) is 0 Å². The molecule has 0 saturated carbocycles. The van der Waals surface area contributed by atoms with Crippen LogP contribution in [0.3, 0.4) is 0 Å². The van der Waals surface area contributed by atoms with Gasteiger partial charge < -0.3 is 4.90 Å². The highest BCUT2D eigenvalue weighted by molar-refractivity contribution is 5.93. The standard InChI is InChI=1S/C13H16FNO/c14-11-6-8-12(9-7-11)15-10-4-2-1-3-5-13(15)16/h6-9H,1-5,10H2. The number of halogens is 1.